The van der Waals surface area contributed by atoms with Gasteiger partial charge in [-0.25, -0.2) is 9.97 Å². The molecule has 0 radical (unpaired) electrons. The number of ether oxygens (including phenoxy) is 1. The highest BCUT2D eigenvalue weighted by Crippen LogP contribution is 2.34. The van der Waals surface area contributed by atoms with E-state index >= 15 is 0 Å². The molecule has 4 heteroatoms. The number of aryl methyl sites for hydroxylation is 3. The molecule has 1 aromatic carbocycles. The maximum Gasteiger partial charge on any atom is 0.253 e. The molecule has 1 aliphatic rings. The lowest BCUT2D eigenvalue weighted by atomic mass is 9.89. The van der Waals surface area contributed by atoms with Crippen molar-refractivity contribution in [3.63, 3.8) is 0 Å². The van der Waals surface area contributed by atoms with Gasteiger partial charge in [-0.1, -0.05) is 35.9 Å². The van der Waals surface area contributed by atoms with Gasteiger partial charge in [0.05, 0.1) is 11.4 Å². The third kappa shape index (κ3) is 2.50. The van der Waals surface area contributed by atoms with Crippen LogP contribution < -0.4 is 4.74 Å². The van der Waals surface area contributed by atoms with Crippen molar-refractivity contribution in [1.29, 1.82) is 0 Å². The highest BCUT2D eigenvalue weighted by atomic mass is 35.5. The maximum atomic E-state index is 6.15. The third-order valence-corrected chi connectivity index (χ3v) is 4.05. The van der Waals surface area contributed by atoms with Crippen LogP contribution in [0.2, 0.25) is 5.15 Å². The number of halogens is 1. The van der Waals surface area contributed by atoms with Gasteiger partial charge >= 0.3 is 0 Å². The van der Waals surface area contributed by atoms with E-state index in [0.29, 0.717) is 11.0 Å². The quantitative estimate of drug-likeness (QED) is 0.830. The van der Waals surface area contributed by atoms with Gasteiger partial charge < -0.3 is 4.74 Å². The summed E-state index contributed by atoms with van der Waals surface area (Å²) in [6.07, 6.45) is 3.25. The third-order valence-electron chi connectivity index (χ3n) is 3.80. The fourth-order valence-corrected chi connectivity index (χ4v) is 2.81. The summed E-state index contributed by atoms with van der Waals surface area (Å²) in [5.74, 6) is 0.441. The Hall–Kier alpha value is -1.61. The number of hydrogen-bond donors (Lipinski definition) is 0. The molecule has 3 nitrogen and oxygen atoms in total. The number of benzene rings is 1. The molecular weight excluding hydrogens is 272 g/mol. The molecule has 0 N–H and O–H groups in total. The second kappa shape index (κ2) is 5.41. The number of rotatable bonds is 2. The summed E-state index contributed by atoms with van der Waals surface area (Å²) in [6.45, 7) is 3.81. The Labute approximate surface area is 124 Å². The van der Waals surface area contributed by atoms with Crippen LogP contribution in [0.25, 0.3) is 0 Å². The standard InChI is InChI=1S/C16H17ClN2O/c1-10-11(2)19-16(15(17)18-10)20-14-9-5-7-12-6-3-4-8-13(12)14/h3-4,6,8,14H,5,7,9H2,1-2H3. The summed E-state index contributed by atoms with van der Waals surface area (Å²) in [4.78, 5) is 8.70. The molecule has 0 bridgehead atoms. The molecule has 3 rings (SSSR count). The number of fused-ring (bicyclic) bond motifs is 1. The van der Waals surface area contributed by atoms with E-state index in [9.17, 15) is 0 Å². The predicted molar refractivity (Wildman–Crippen MR) is 79.3 cm³/mol. The van der Waals surface area contributed by atoms with Crippen LogP contribution >= 0.6 is 11.6 Å². The summed E-state index contributed by atoms with van der Waals surface area (Å²) >= 11 is 6.15. The van der Waals surface area contributed by atoms with E-state index in [0.717, 1.165) is 30.7 Å². The fraction of sp³-hybridized carbons (Fsp3) is 0.375. The second-order valence-corrected chi connectivity index (χ2v) is 5.55. The minimum Gasteiger partial charge on any atom is -0.467 e. The van der Waals surface area contributed by atoms with Crippen LogP contribution in [0.1, 0.15) is 41.5 Å². The van der Waals surface area contributed by atoms with Gasteiger partial charge in [-0.15, -0.1) is 0 Å². The van der Waals surface area contributed by atoms with Gasteiger partial charge in [-0.3, -0.25) is 0 Å². The molecule has 104 valence electrons. The number of nitrogens with zero attached hydrogens (tertiary/aromatic N) is 2. The Bertz CT molecular complexity index is 642. The van der Waals surface area contributed by atoms with Gasteiger partial charge in [0.15, 0.2) is 5.15 Å². The first-order valence-electron chi connectivity index (χ1n) is 6.90. The molecule has 1 atom stereocenters. The topological polar surface area (TPSA) is 35.0 Å². The van der Waals surface area contributed by atoms with Crippen molar-refractivity contribution in [3.8, 4) is 5.88 Å². The normalized spacial score (nSPS) is 17.6. The van der Waals surface area contributed by atoms with E-state index in [-0.39, 0.29) is 6.10 Å². The fourth-order valence-electron chi connectivity index (χ4n) is 2.60. The average molecular weight is 289 g/mol. The van der Waals surface area contributed by atoms with Crippen LogP contribution in [0, 0.1) is 13.8 Å². The Kier molecular flexibility index (Phi) is 3.62. The molecular formula is C16H17ClN2O. The van der Waals surface area contributed by atoms with E-state index in [1.54, 1.807) is 0 Å². The maximum absolute atomic E-state index is 6.15. The van der Waals surface area contributed by atoms with Gasteiger partial charge in [0.1, 0.15) is 6.10 Å². The minimum atomic E-state index is 0.0221. The Balaban J connectivity index is 1.91. The first-order valence-corrected chi connectivity index (χ1v) is 7.28. The van der Waals surface area contributed by atoms with Crippen LogP contribution in [0.5, 0.6) is 5.88 Å². The van der Waals surface area contributed by atoms with Gasteiger partial charge in [0.25, 0.3) is 5.88 Å². The van der Waals surface area contributed by atoms with Crippen LogP contribution in [-0.4, -0.2) is 9.97 Å². The van der Waals surface area contributed by atoms with Gasteiger partial charge in [0.2, 0.25) is 0 Å². The molecule has 1 heterocycles. The molecule has 1 aliphatic carbocycles. The molecule has 0 saturated carbocycles. The zero-order valence-electron chi connectivity index (χ0n) is 11.7. The molecule has 1 unspecified atom stereocenters. The smallest absolute Gasteiger partial charge is 0.253 e. The zero-order valence-corrected chi connectivity index (χ0v) is 12.4. The summed E-state index contributed by atoms with van der Waals surface area (Å²) in [6, 6.07) is 8.41. The molecule has 0 saturated heterocycles. The van der Waals surface area contributed by atoms with Crippen LogP contribution in [-0.2, 0) is 6.42 Å². The van der Waals surface area contributed by atoms with E-state index in [2.05, 4.69) is 28.2 Å². The number of aromatic nitrogens is 2. The summed E-state index contributed by atoms with van der Waals surface area (Å²) in [7, 11) is 0. The van der Waals surface area contributed by atoms with Crippen molar-refractivity contribution in [2.45, 2.75) is 39.2 Å². The van der Waals surface area contributed by atoms with Crippen molar-refractivity contribution in [2.75, 3.05) is 0 Å². The van der Waals surface area contributed by atoms with Crippen molar-refractivity contribution in [2.24, 2.45) is 0 Å². The van der Waals surface area contributed by atoms with Gasteiger partial charge in [0, 0.05) is 0 Å². The van der Waals surface area contributed by atoms with E-state index in [4.69, 9.17) is 16.3 Å². The van der Waals surface area contributed by atoms with Crippen molar-refractivity contribution < 1.29 is 4.74 Å². The SMILES string of the molecule is Cc1nc(Cl)c(OC2CCCc3ccccc32)nc1C. The van der Waals surface area contributed by atoms with Crippen molar-refractivity contribution in [1.82, 2.24) is 9.97 Å². The van der Waals surface area contributed by atoms with Crippen LogP contribution in [0.15, 0.2) is 24.3 Å². The predicted octanol–water partition coefficient (Wildman–Crippen LogP) is 4.20. The molecule has 0 fully saturated rings. The Morgan fingerprint density at radius 3 is 2.75 bits per heavy atom. The van der Waals surface area contributed by atoms with Crippen molar-refractivity contribution in [3.05, 3.63) is 51.9 Å². The Morgan fingerprint density at radius 1 is 1.15 bits per heavy atom. The van der Waals surface area contributed by atoms with Gasteiger partial charge in [-0.2, -0.15) is 0 Å². The molecule has 0 aliphatic heterocycles. The Morgan fingerprint density at radius 2 is 1.90 bits per heavy atom. The van der Waals surface area contributed by atoms with Crippen LogP contribution in [0.4, 0.5) is 0 Å². The van der Waals surface area contributed by atoms with E-state index in [1.807, 2.05) is 19.9 Å². The van der Waals surface area contributed by atoms with E-state index in [1.165, 1.54) is 11.1 Å². The lowest BCUT2D eigenvalue weighted by molar-refractivity contribution is 0.174. The summed E-state index contributed by atoms with van der Waals surface area (Å²) < 4.78 is 6.04. The average Bonchev–Trinajstić information content (AvgIpc) is 2.45. The summed E-state index contributed by atoms with van der Waals surface area (Å²) in [5.41, 5.74) is 4.30. The lowest BCUT2D eigenvalue weighted by Gasteiger charge is -2.26. The number of hydrogen-bond acceptors (Lipinski definition) is 3. The van der Waals surface area contributed by atoms with E-state index < -0.39 is 0 Å². The molecule has 20 heavy (non-hydrogen) atoms. The lowest BCUT2D eigenvalue weighted by Crippen LogP contribution is -2.16. The highest BCUT2D eigenvalue weighted by Gasteiger charge is 2.23. The first-order chi connectivity index (χ1) is 9.65. The van der Waals surface area contributed by atoms with Crippen LogP contribution in [0.3, 0.4) is 0 Å². The first kappa shape index (κ1) is 13.4. The summed E-state index contributed by atoms with van der Waals surface area (Å²) in [5, 5.41) is 0.344. The largest absolute Gasteiger partial charge is 0.467 e. The zero-order chi connectivity index (χ0) is 14.1. The molecule has 1 aromatic heterocycles. The second-order valence-electron chi connectivity index (χ2n) is 5.19. The van der Waals surface area contributed by atoms with Crippen molar-refractivity contribution >= 4 is 11.6 Å². The van der Waals surface area contributed by atoms with Gasteiger partial charge in [-0.05, 0) is 44.2 Å². The monoisotopic (exact) mass is 288 g/mol. The molecule has 0 amide bonds. The highest BCUT2D eigenvalue weighted by molar-refractivity contribution is 6.30. The molecule has 0 spiro atoms. The minimum absolute atomic E-state index is 0.0221. The molecule has 2 aromatic rings.